The summed E-state index contributed by atoms with van der Waals surface area (Å²) in [5.74, 6) is 0. The molecular weight excluding hydrogens is 426 g/mol. The van der Waals surface area contributed by atoms with Gasteiger partial charge in [-0.3, -0.25) is 18.7 Å². The van der Waals surface area contributed by atoms with Gasteiger partial charge in [0.25, 0.3) is 0 Å². The van der Waals surface area contributed by atoms with Crippen LogP contribution in [0, 0.1) is 5.41 Å². The highest BCUT2D eigenvalue weighted by molar-refractivity contribution is 5.80. The summed E-state index contributed by atoms with van der Waals surface area (Å²) in [6.45, 7) is 9.90. The number of aromatic nitrogens is 5. The van der Waals surface area contributed by atoms with Gasteiger partial charge in [0.1, 0.15) is 0 Å². The van der Waals surface area contributed by atoms with Gasteiger partial charge in [0.15, 0.2) is 5.65 Å². The van der Waals surface area contributed by atoms with Gasteiger partial charge in [-0.1, -0.05) is 26.8 Å². The summed E-state index contributed by atoms with van der Waals surface area (Å²) in [6, 6.07) is 12.5. The molecule has 0 radical (unpaired) electrons. The number of nitrogen functional groups attached to an aromatic ring is 1. The first kappa shape index (κ1) is 22.4. The van der Waals surface area contributed by atoms with Crippen LogP contribution in [0.1, 0.15) is 38.8 Å². The maximum atomic E-state index is 12.9. The van der Waals surface area contributed by atoms with E-state index in [1.807, 2.05) is 41.2 Å². The minimum Gasteiger partial charge on any atom is -0.398 e. The monoisotopic (exact) mass is 459 g/mol. The van der Waals surface area contributed by atoms with Crippen LogP contribution < -0.4 is 11.4 Å². The van der Waals surface area contributed by atoms with E-state index in [0.29, 0.717) is 23.9 Å². The first-order valence-electron chi connectivity index (χ1n) is 11.9. The van der Waals surface area contributed by atoms with Crippen molar-refractivity contribution in [2.24, 2.45) is 12.5 Å². The molecule has 0 bridgehead atoms. The van der Waals surface area contributed by atoms with Gasteiger partial charge in [0, 0.05) is 56.9 Å². The number of hydrogen-bond donors (Lipinski definition) is 1. The zero-order chi connectivity index (χ0) is 24.0. The number of likely N-dealkylation sites (tertiary alicyclic amines) is 1. The van der Waals surface area contributed by atoms with Crippen molar-refractivity contribution in [3.63, 3.8) is 0 Å². The van der Waals surface area contributed by atoms with Crippen LogP contribution in [0.25, 0.3) is 22.4 Å². The lowest BCUT2D eigenvalue weighted by Crippen LogP contribution is -2.27. The van der Waals surface area contributed by atoms with E-state index in [1.54, 1.807) is 11.6 Å². The number of benzene rings is 1. The number of rotatable bonds is 5. The van der Waals surface area contributed by atoms with Crippen molar-refractivity contribution in [3.8, 4) is 11.3 Å². The number of pyridine rings is 1. The molecular formula is C26H33N7O. The number of nitrogens with zero attached hydrogens (tertiary/aromatic N) is 6. The lowest BCUT2D eigenvalue weighted by atomic mass is 9.97. The Balaban J connectivity index is 1.43. The average Bonchev–Trinajstić information content (AvgIpc) is 3.52. The first-order valence-corrected chi connectivity index (χ1v) is 11.9. The highest BCUT2D eigenvalue weighted by atomic mass is 16.1. The van der Waals surface area contributed by atoms with E-state index in [9.17, 15) is 4.79 Å². The fourth-order valence-corrected chi connectivity index (χ4v) is 4.90. The van der Waals surface area contributed by atoms with Crippen LogP contribution in [0.3, 0.4) is 0 Å². The molecule has 1 fully saturated rings. The summed E-state index contributed by atoms with van der Waals surface area (Å²) < 4.78 is 5.50. The normalized spacial score (nSPS) is 17.1. The lowest BCUT2D eigenvalue weighted by Gasteiger charge is -2.18. The van der Waals surface area contributed by atoms with Crippen molar-refractivity contribution < 1.29 is 0 Å². The molecule has 1 atom stereocenters. The summed E-state index contributed by atoms with van der Waals surface area (Å²) in [4.78, 5) is 20.2. The quantitative estimate of drug-likeness (QED) is 0.460. The number of fused-ring (bicyclic) bond motifs is 1. The summed E-state index contributed by atoms with van der Waals surface area (Å²) >= 11 is 0. The van der Waals surface area contributed by atoms with Crippen molar-refractivity contribution in [1.29, 1.82) is 0 Å². The minimum absolute atomic E-state index is 0.0124. The minimum atomic E-state index is -0.0444. The maximum absolute atomic E-state index is 12.9. The van der Waals surface area contributed by atoms with Crippen LogP contribution >= 0.6 is 0 Å². The predicted octanol–water partition coefficient (Wildman–Crippen LogP) is 3.67. The lowest BCUT2D eigenvalue weighted by molar-refractivity contribution is 0.312. The van der Waals surface area contributed by atoms with E-state index < -0.39 is 0 Å². The number of anilines is 1. The van der Waals surface area contributed by atoms with Crippen LogP contribution in [0.2, 0.25) is 0 Å². The number of hydrogen-bond acceptors (Lipinski definition) is 5. The topological polar surface area (TPSA) is 86.9 Å². The van der Waals surface area contributed by atoms with Gasteiger partial charge >= 0.3 is 5.69 Å². The molecule has 8 heteroatoms. The molecule has 8 nitrogen and oxygen atoms in total. The molecule has 1 saturated heterocycles. The SMILES string of the molecule is Cn1c(=O)n(CC(C)(C)C)c2ccc(-c3cc(CN4CCC(n5cccn5)C4)ccc3N)nc21. The van der Waals surface area contributed by atoms with Crippen molar-refractivity contribution in [3.05, 3.63) is 64.8 Å². The fraction of sp³-hybridized carbons (Fsp3) is 0.423. The van der Waals surface area contributed by atoms with E-state index in [2.05, 4.69) is 47.6 Å². The molecule has 3 aromatic heterocycles. The zero-order valence-corrected chi connectivity index (χ0v) is 20.4. The van der Waals surface area contributed by atoms with Crippen molar-refractivity contribution >= 4 is 16.9 Å². The van der Waals surface area contributed by atoms with Gasteiger partial charge in [0.2, 0.25) is 0 Å². The molecule has 0 spiro atoms. The largest absolute Gasteiger partial charge is 0.398 e. The summed E-state index contributed by atoms with van der Waals surface area (Å²) in [6.07, 6.45) is 4.98. The molecule has 34 heavy (non-hydrogen) atoms. The molecule has 5 rings (SSSR count). The predicted molar refractivity (Wildman–Crippen MR) is 135 cm³/mol. The number of nitrogens with two attached hydrogens (primary N) is 1. The smallest absolute Gasteiger partial charge is 0.330 e. The van der Waals surface area contributed by atoms with Crippen LogP contribution in [0.15, 0.2) is 53.6 Å². The third-order valence-electron chi connectivity index (χ3n) is 6.56. The Hall–Kier alpha value is -3.39. The van der Waals surface area contributed by atoms with Gasteiger partial charge in [-0.25, -0.2) is 9.78 Å². The Labute approximate surface area is 199 Å². The van der Waals surface area contributed by atoms with Gasteiger partial charge in [0.05, 0.1) is 17.3 Å². The second kappa shape index (κ2) is 8.43. The Morgan fingerprint density at radius 2 is 2.00 bits per heavy atom. The molecule has 0 saturated carbocycles. The van der Waals surface area contributed by atoms with E-state index in [-0.39, 0.29) is 11.1 Å². The number of aryl methyl sites for hydroxylation is 1. The highest BCUT2D eigenvalue weighted by Crippen LogP contribution is 2.29. The van der Waals surface area contributed by atoms with Gasteiger partial charge in [-0.15, -0.1) is 0 Å². The maximum Gasteiger partial charge on any atom is 0.330 e. The third-order valence-corrected chi connectivity index (χ3v) is 6.56. The van der Waals surface area contributed by atoms with Gasteiger partial charge < -0.3 is 5.73 Å². The van der Waals surface area contributed by atoms with Gasteiger partial charge in [-0.2, -0.15) is 5.10 Å². The van der Waals surface area contributed by atoms with Crippen LogP contribution in [-0.4, -0.2) is 41.9 Å². The Morgan fingerprint density at radius 3 is 2.74 bits per heavy atom. The zero-order valence-electron chi connectivity index (χ0n) is 20.4. The molecule has 1 unspecified atom stereocenters. The molecule has 2 N–H and O–H groups in total. The molecule has 0 amide bonds. The molecule has 4 aromatic rings. The summed E-state index contributed by atoms with van der Waals surface area (Å²) in [7, 11) is 1.78. The standard InChI is InChI=1S/C26H33N7O/c1-26(2,3)17-32-23-9-8-22(29-24(23)30(4)25(32)34)20-14-18(6-7-21(20)27)15-31-13-10-19(16-31)33-12-5-11-28-33/h5-9,11-12,14,19H,10,13,15-17,27H2,1-4H3. The van der Waals surface area contributed by atoms with E-state index in [0.717, 1.165) is 42.8 Å². The summed E-state index contributed by atoms with van der Waals surface area (Å²) in [5, 5.41) is 4.40. The van der Waals surface area contributed by atoms with Crippen LogP contribution in [0.4, 0.5) is 5.69 Å². The van der Waals surface area contributed by atoms with Crippen molar-refractivity contribution in [1.82, 2.24) is 28.8 Å². The van der Waals surface area contributed by atoms with Crippen LogP contribution in [0.5, 0.6) is 0 Å². The van der Waals surface area contributed by atoms with Crippen molar-refractivity contribution in [2.45, 2.75) is 46.3 Å². The van der Waals surface area contributed by atoms with Crippen molar-refractivity contribution in [2.75, 3.05) is 18.8 Å². The number of imidazole rings is 1. The summed E-state index contributed by atoms with van der Waals surface area (Å²) in [5.41, 5.74) is 11.4. The molecule has 4 heterocycles. The van der Waals surface area contributed by atoms with Crippen LogP contribution in [-0.2, 0) is 20.1 Å². The third kappa shape index (κ3) is 4.25. The fourth-order valence-electron chi connectivity index (χ4n) is 4.90. The second-order valence-corrected chi connectivity index (χ2v) is 10.6. The molecule has 0 aliphatic carbocycles. The average molecular weight is 460 g/mol. The molecule has 1 aromatic carbocycles. The Kier molecular flexibility index (Phi) is 5.56. The molecule has 1 aliphatic rings. The van der Waals surface area contributed by atoms with E-state index in [4.69, 9.17) is 10.7 Å². The second-order valence-electron chi connectivity index (χ2n) is 10.6. The van der Waals surface area contributed by atoms with E-state index >= 15 is 0 Å². The molecule has 178 valence electrons. The highest BCUT2D eigenvalue weighted by Gasteiger charge is 2.24. The Morgan fingerprint density at radius 1 is 1.18 bits per heavy atom. The molecule has 1 aliphatic heterocycles. The Bertz CT molecular complexity index is 1370. The first-order chi connectivity index (χ1) is 16.2. The van der Waals surface area contributed by atoms with Gasteiger partial charge in [-0.05, 0) is 47.7 Å². The van der Waals surface area contributed by atoms with E-state index in [1.165, 1.54) is 5.56 Å².